The number of aromatic nitrogens is 2. The normalized spacial score (nSPS) is 12.5. The van der Waals surface area contributed by atoms with E-state index in [9.17, 15) is 4.79 Å². The zero-order chi connectivity index (χ0) is 12.8. The first kappa shape index (κ1) is 13.7. The van der Waals surface area contributed by atoms with Crippen LogP contribution in [0.3, 0.4) is 0 Å². The number of carbonyl (C=O) groups is 1. The minimum atomic E-state index is 0.0777. The smallest absolute Gasteiger partial charge is 0.220 e. The molecule has 0 aliphatic heterocycles. The van der Waals surface area contributed by atoms with Gasteiger partial charge in [0.25, 0.3) is 0 Å². The molecule has 96 valence electrons. The average molecular weight is 238 g/mol. The van der Waals surface area contributed by atoms with Gasteiger partial charge in [0.2, 0.25) is 5.91 Å². The maximum absolute atomic E-state index is 11.5. The Labute approximate surface area is 102 Å². The molecule has 0 saturated heterocycles. The van der Waals surface area contributed by atoms with Crippen LogP contribution >= 0.6 is 0 Å². The van der Waals surface area contributed by atoms with Gasteiger partial charge in [0.1, 0.15) is 0 Å². The van der Waals surface area contributed by atoms with E-state index in [-0.39, 0.29) is 11.9 Å². The lowest BCUT2D eigenvalue weighted by Crippen LogP contribution is -2.23. The van der Waals surface area contributed by atoms with Gasteiger partial charge >= 0.3 is 0 Å². The number of nitrogens with one attached hydrogen (secondary N) is 1. The van der Waals surface area contributed by atoms with Crippen molar-refractivity contribution >= 4 is 5.91 Å². The fraction of sp³-hybridized carbons (Fsp3) is 0.667. The zero-order valence-electron chi connectivity index (χ0n) is 10.9. The lowest BCUT2D eigenvalue weighted by molar-refractivity contribution is -0.121. The molecule has 0 fully saturated rings. The molecule has 1 heterocycles. The summed E-state index contributed by atoms with van der Waals surface area (Å²) in [6.07, 6.45) is 4.06. The predicted octanol–water partition coefficient (Wildman–Crippen LogP) is 0.862. The molecule has 0 saturated carbocycles. The van der Waals surface area contributed by atoms with Gasteiger partial charge < -0.3 is 11.1 Å². The van der Waals surface area contributed by atoms with Crippen molar-refractivity contribution in [3.63, 3.8) is 0 Å². The van der Waals surface area contributed by atoms with E-state index in [4.69, 9.17) is 5.73 Å². The summed E-state index contributed by atoms with van der Waals surface area (Å²) in [5.74, 6) is 0.0777. The molecule has 1 aromatic rings. The SMILES string of the molecule is Cc1c(CNC(=O)CCCC(C)N)cnn1C. The molecule has 0 aliphatic rings. The minimum absolute atomic E-state index is 0.0777. The number of aryl methyl sites for hydroxylation is 1. The molecule has 0 aromatic carbocycles. The molecule has 1 amide bonds. The third-order valence-corrected chi connectivity index (χ3v) is 2.88. The first-order chi connectivity index (χ1) is 8.00. The summed E-state index contributed by atoms with van der Waals surface area (Å²) in [7, 11) is 1.89. The Bertz CT molecular complexity index is 371. The van der Waals surface area contributed by atoms with E-state index >= 15 is 0 Å². The quantitative estimate of drug-likeness (QED) is 0.772. The van der Waals surface area contributed by atoms with Crippen molar-refractivity contribution in [3.05, 3.63) is 17.5 Å². The molecule has 5 heteroatoms. The van der Waals surface area contributed by atoms with Gasteiger partial charge in [0.15, 0.2) is 0 Å². The number of nitrogens with zero attached hydrogens (tertiary/aromatic N) is 2. The van der Waals surface area contributed by atoms with E-state index < -0.39 is 0 Å². The third kappa shape index (κ3) is 4.56. The van der Waals surface area contributed by atoms with E-state index in [1.165, 1.54) is 0 Å². The van der Waals surface area contributed by atoms with E-state index in [1.807, 2.05) is 20.9 Å². The fourth-order valence-corrected chi connectivity index (χ4v) is 1.58. The highest BCUT2D eigenvalue weighted by Crippen LogP contribution is 2.05. The molecule has 17 heavy (non-hydrogen) atoms. The maximum Gasteiger partial charge on any atom is 0.220 e. The minimum Gasteiger partial charge on any atom is -0.352 e. The first-order valence-electron chi connectivity index (χ1n) is 6.00. The summed E-state index contributed by atoms with van der Waals surface area (Å²) in [6, 6.07) is 0.170. The van der Waals surface area contributed by atoms with Crippen LogP contribution in [0.4, 0.5) is 0 Å². The highest BCUT2D eigenvalue weighted by Gasteiger charge is 2.06. The Hall–Kier alpha value is -1.36. The summed E-state index contributed by atoms with van der Waals surface area (Å²) in [4.78, 5) is 11.5. The lowest BCUT2D eigenvalue weighted by atomic mass is 10.1. The number of amides is 1. The van der Waals surface area contributed by atoms with Crippen molar-refractivity contribution in [2.75, 3.05) is 0 Å². The average Bonchev–Trinajstić information content (AvgIpc) is 2.57. The standard InChI is InChI=1S/C12H22N4O/c1-9(13)5-4-6-12(17)14-7-11-8-15-16(3)10(11)2/h8-9H,4-7,13H2,1-3H3,(H,14,17). The molecular weight excluding hydrogens is 216 g/mol. The van der Waals surface area contributed by atoms with Crippen LogP contribution in [0, 0.1) is 6.92 Å². The Morgan fingerprint density at radius 3 is 2.88 bits per heavy atom. The van der Waals surface area contributed by atoms with Gasteiger partial charge in [0, 0.05) is 37.3 Å². The van der Waals surface area contributed by atoms with Crippen molar-refractivity contribution in [1.29, 1.82) is 0 Å². The van der Waals surface area contributed by atoms with Crippen LogP contribution in [-0.2, 0) is 18.4 Å². The van der Waals surface area contributed by atoms with Gasteiger partial charge in [-0.05, 0) is 26.7 Å². The molecule has 1 rings (SSSR count). The Kier molecular flexibility index (Phi) is 5.15. The molecule has 3 N–H and O–H groups in total. The van der Waals surface area contributed by atoms with Crippen molar-refractivity contribution < 1.29 is 4.79 Å². The zero-order valence-corrected chi connectivity index (χ0v) is 10.9. The van der Waals surface area contributed by atoms with Crippen molar-refractivity contribution in [2.45, 2.75) is 45.7 Å². The first-order valence-corrected chi connectivity index (χ1v) is 6.00. The number of hydrogen-bond donors (Lipinski definition) is 2. The molecule has 1 atom stereocenters. The topological polar surface area (TPSA) is 72.9 Å². The summed E-state index contributed by atoms with van der Waals surface area (Å²) >= 11 is 0. The van der Waals surface area contributed by atoms with Gasteiger partial charge in [0.05, 0.1) is 6.20 Å². The van der Waals surface area contributed by atoms with Crippen LogP contribution in [0.1, 0.15) is 37.4 Å². The predicted molar refractivity (Wildman–Crippen MR) is 67.3 cm³/mol. The van der Waals surface area contributed by atoms with E-state index in [1.54, 1.807) is 10.9 Å². The maximum atomic E-state index is 11.5. The number of rotatable bonds is 6. The van der Waals surface area contributed by atoms with Gasteiger partial charge in [-0.1, -0.05) is 0 Å². The van der Waals surface area contributed by atoms with Crippen LogP contribution in [0.5, 0.6) is 0 Å². The van der Waals surface area contributed by atoms with Crippen LogP contribution < -0.4 is 11.1 Å². The summed E-state index contributed by atoms with van der Waals surface area (Å²) in [6.45, 7) is 4.50. The fourth-order valence-electron chi connectivity index (χ4n) is 1.58. The second kappa shape index (κ2) is 6.39. The summed E-state index contributed by atoms with van der Waals surface area (Å²) in [5.41, 5.74) is 7.77. The number of hydrogen-bond acceptors (Lipinski definition) is 3. The molecule has 0 radical (unpaired) electrons. The van der Waals surface area contributed by atoms with Gasteiger partial charge in [-0.3, -0.25) is 9.48 Å². The summed E-state index contributed by atoms with van der Waals surface area (Å²) in [5, 5.41) is 7.02. The highest BCUT2D eigenvalue weighted by molar-refractivity contribution is 5.75. The molecule has 1 unspecified atom stereocenters. The van der Waals surface area contributed by atoms with Crippen LogP contribution in [0.15, 0.2) is 6.20 Å². The Morgan fingerprint density at radius 1 is 1.65 bits per heavy atom. The van der Waals surface area contributed by atoms with Crippen LogP contribution in [-0.4, -0.2) is 21.7 Å². The molecule has 5 nitrogen and oxygen atoms in total. The van der Waals surface area contributed by atoms with Crippen LogP contribution in [0.2, 0.25) is 0 Å². The van der Waals surface area contributed by atoms with Crippen LogP contribution in [0.25, 0.3) is 0 Å². The van der Waals surface area contributed by atoms with Crippen molar-refractivity contribution in [1.82, 2.24) is 15.1 Å². The van der Waals surface area contributed by atoms with Gasteiger partial charge in [-0.15, -0.1) is 0 Å². The van der Waals surface area contributed by atoms with Crippen molar-refractivity contribution in [2.24, 2.45) is 12.8 Å². The van der Waals surface area contributed by atoms with E-state index in [0.717, 1.165) is 24.1 Å². The Morgan fingerprint density at radius 2 is 2.35 bits per heavy atom. The molecule has 0 aliphatic carbocycles. The largest absolute Gasteiger partial charge is 0.352 e. The highest BCUT2D eigenvalue weighted by atomic mass is 16.1. The monoisotopic (exact) mass is 238 g/mol. The number of nitrogens with two attached hydrogens (primary N) is 1. The van der Waals surface area contributed by atoms with Crippen molar-refractivity contribution in [3.8, 4) is 0 Å². The third-order valence-electron chi connectivity index (χ3n) is 2.88. The molecular formula is C12H22N4O. The molecule has 1 aromatic heterocycles. The molecule has 0 spiro atoms. The van der Waals surface area contributed by atoms with Gasteiger partial charge in [-0.2, -0.15) is 5.10 Å². The lowest BCUT2D eigenvalue weighted by Gasteiger charge is -2.06. The molecule has 0 bridgehead atoms. The summed E-state index contributed by atoms with van der Waals surface area (Å²) < 4.78 is 1.80. The van der Waals surface area contributed by atoms with Gasteiger partial charge in [-0.25, -0.2) is 0 Å². The second-order valence-corrected chi connectivity index (χ2v) is 4.53. The Balaban J connectivity index is 2.26. The van der Waals surface area contributed by atoms with E-state index in [0.29, 0.717) is 13.0 Å². The second-order valence-electron chi connectivity index (χ2n) is 4.53. The van der Waals surface area contributed by atoms with E-state index in [2.05, 4.69) is 10.4 Å². The number of carbonyl (C=O) groups excluding carboxylic acids is 1.